The van der Waals surface area contributed by atoms with E-state index >= 15 is 0 Å². The molecule has 2 aromatic carbocycles. The lowest BCUT2D eigenvalue weighted by atomic mass is 9.89. The predicted octanol–water partition coefficient (Wildman–Crippen LogP) is 3.37. The van der Waals surface area contributed by atoms with Gasteiger partial charge in [0.25, 0.3) is 0 Å². The van der Waals surface area contributed by atoms with Crippen molar-refractivity contribution >= 4 is 11.4 Å². The average Bonchev–Trinajstić information content (AvgIpc) is 3.04. The van der Waals surface area contributed by atoms with Crippen LogP contribution in [0.1, 0.15) is 23.5 Å². The Morgan fingerprint density at radius 3 is 2.81 bits per heavy atom. The molecule has 3 aliphatic heterocycles. The molecular formula is C23H29N3O. The van der Waals surface area contributed by atoms with E-state index in [0.717, 1.165) is 25.3 Å². The minimum absolute atomic E-state index is 0.651. The number of fused-ring (bicyclic) bond motifs is 3. The second kappa shape index (κ2) is 6.75. The molecule has 2 aromatic rings. The molecule has 3 heterocycles. The Bertz CT molecular complexity index is 836. The van der Waals surface area contributed by atoms with Gasteiger partial charge in [0.05, 0.1) is 18.5 Å². The van der Waals surface area contributed by atoms with Crippen molar-refractivity contribution in [2.24, 2.45) is 0 Å². The number of para-hydroxylation sites is 2. The summed E-state index contributed by atoms with van der Waals surface area (Å²) in [6.45, 7) is 5.79. The molecule has 1 saturated heterocycles. The monoisotopic (exact) mass is 363 g/mol. The van der Waals surface area contributed by atoms with Crippen molar-refractivity contribution in [3.05, 3.63) is 53.6 Å². The van der Waals surface area contributed by atoms with E-state index in [1.807, 2.05) is 6.07 Å². The molecule has 0 saturated carbocycles. The van der Waals surface area contributed by atoms with Gasteiger partial charge in [-0.15, -0.1) is 0 Å². The van der Waals surface area contributed by atoms with Crippen LogP contribution in [0, 0.1) is 0 Å². The van der Waals surface area contributed by atoms with E-state index in [1.165, 1.54) is 43.0 Å². The fraction of sp³-hybridized carbons (Fsp3) is 0.478. The molecule has 5 rings (SSSR count). The molecule has 1 fully saturated rings. The SMILES string of the molecule is COc1ccccc1CCN1CCC2C(C1)c1cccc3c1N2CCN3C. The maximum absolute atomic E-state index is 5.53. The van der Waals surface area contributed by atoms with Crippen LogP contribution >= 0.6 is 0 Å². The number of likely N-dealkylation sites (tertiary alicyclic amines) is 1. The zero-order chi connectivity index (χ0) is 18.4. The largest absolute Gasteiger partial charge is 0.496 e. The highest BCUT2D eigenvalue weighted by Gasteiger charge is 2.44. The van der Waals surface area contributed by atoms with Gasteiger partial charge in [-0.25, -0.2) is 0 Å². The predicted molar refractivity (Wildman–Crippen MR) is 111 cm³/mol. The maximum atomic E-state index is 5.53. The number of anilines is 2. The Hall–Kier alpha value is -2.20. The molecular weight excluding hydrogens is 334 g/mol. The van der Waals surface area contributed by atoms with Gasteiger partial charge in [-0.2, -0.15) is 0 Å². The third-order valence-corrected chi connectivity index (χ3v) is 6.77. The molecule has 4 nitrogen and oxygen atoms in total. The maximum Gasteiger partial charge on any atom is 0.122 e. The summed E-state index contributed by atoms with van der Waals surface area (Å²) >= 11 is 0. The molecule has 4 heteroatoms. The summed E-state index contributed by atoms with van der Waals surface area (Å²) in [5.41, 5.74) is 5.84. The number of methoxy groups -OCH3 is 1. The Morgan fingerprint density at radius 2 is 1.93 bits per heavy atom. The molecule has 3 aliphatic rings. The molecule has 142 valence electrons. The zero-order valence-electron chi connectivity index (χ0n) is 16.4. The number of piperidine rings is 1. The van der Waals surface area contributed by atoms with Gasteiger partial charge in [0.2, 0.25) is 0 Å². The zero-order valence-corrected chi connectivity index (χ0v) is 16.4. The first-order valence-corrected chi connectivity index (χ1v) is 10.2. The average molecular weight is 364 g/mol. The van der Waals surface area contributed by atoms with Gasteiger partial charge in [0, 0.05) is 51.7 Å². The summed E-state index contributed by atoms with van der Waals surface area (Å²) in [5, 5.41) is 0. The van der Waals surface area contributed by atoms with Gasteiger partial charge in [-0.05, 0) is 36.1 Å². The topological polar surface area (TPSA) is 19.0 Å². The van der Waals surface area contributed by atoms with Crippen molar-refractivity contribution < 1.29 is 4.74 Å². The van der Waals surface area contributed by atoms with Gasteiger partial charge in [0.15, 0.2) is 0 Å². The van der Waals surface area contributed by atoms with Crippen LogP contribution < -0.4 is 14.5 Å². The molecule has 0 aliphatic carbocycles. The Balaban J connectivity index is 1.34. The molecule has 2 unspecified atom stereocenters. The van der Waals surface area contributed by atoms with Crippen LogP contribution in [0.2, 0.25) is 0 Å². The summed E-state index contributed by atoms with van der Waals surface area (Å²) in [6, 6.07) is 16.0. The number of ether oxygens (including phenoxy) is 1. The first-order valence-electron chi connectivity index (χ1n) is 10.2. The molecule has 27 heavy (non-hydrogen) atoms. The van der Waals surface area contributed by atoms with Crippen molar-refractivity contribution in [1.82, 2.24) is 4.90 Å². The van der Waals surface area contributed by atoms with E-state index in [9.17, 15) is 0 Å². The molecule has 0 amide bonds. The van der Waals surface area contributed by atoms with Crippen molar-refractivity contribution in [3.8, 4) is 5.75 Å². The van der Waals surface area contributed by atoms with Crippen LogP contribution in [0.15, 0.2) is 42.5 Å². The van der Waals surface area contributed by atoms with Crippen molar-refractivity contribution in [1.29, 1.82) is 0 Å². The van der Waals surface area contributed by atoms with Crippen molar-refractivity contribution in [2.45, 2.75) is 24.8 Å². The van der Waals surface area contributed by atoms with Gasteiger partial charge in [-0.1, -0.05) is 30.3 Å². The Morgan fingerprint density at radius 1 is 1.04 bits per heavy atom. The quantitative estimate of drug-likeness (QED) is 0.829. The van der Waals surface area contributed by atoms with Crippen molar-refractivity contribution in [2.75, 3.05) is 56.7 Å². The lowest BCUT2D eigenvalue weighted by Gasteiger charge is -2.41. The molecule has 0 radical (unpaired) electrons. The highest BCUT2D eigenvalue weighted by Crippen LogP contribution is 2.50. The lowest BCUT2D eigenvalue weighted by molar-refractivity contribution is 0.195. The van der Waals surface area contributed by atoms with Crippen LogP contribution in [-0.4, -0.2) is 57.8 Å². The van der Waals surface area contributed by atoms with Gasteiger partial charge < -0.3 is 19.4 Å². The summed E-state index contributed by atoms with van der Waals surface area (Å²) in [6.07, 6.45) is 2.33. The molecule has 0 N–H and O–H groups in total. The first kappa shape index (κ1) is 16.9. The van der Waals surface area contributed by atoms with Gasteiger partial charge in [-0.3, -0.25) is 0 Å². The number of rotatable bonds is 4. The van der Waals surface area contributed by atoms with Crippen molar-refractivity contribution in [3.63, 3.8) is 0 Å². The fourth-order valence-corrected chi connectivity index (χ4v) is 5.37. The fourth-order valence-electron chi connectivity index (χ4n) is 5.37. The van der Waals surface area contributed by atoms with E-state index < -0.39 is 0 Å². The second-order valence-electron chi connectivity index (χ2n) is 8.15. The smallest absolute Gasteiger partial charge is 0.122 e. The molecule has 0 spiro atoms. The number of likely N-dealkylation sites (N-methyl/N-ethyl adjacent to an activating group) is 1. The number of hydrogen-bond acceptors (Lipinski definition) is 4. The van der Waals surface area contributed by atoms with E-state index in [4.69, 9.17) is 4.74 Å². The highest BCUT2D eigenvalue weighted by molar-refractivity contribution is 5.80. The number of benzene rings is 2. The summed E-state index contributed by atoms with van der Waals surface area (Å²) < 4.78 is 5.53. The molecule has 0 bridgehead atoms. The lowest BCUT2D eigenvalue weighted by Crippen LogP contribution is -2.49. The second-order valence-corrected chi connectivity index (χ2v) is 8.15. The van der Waals surface area contributed by atoms with Crippen LogP contribution in [-0.2, 0) is 6.42 Å². The Labute approximate surface area is 162 Å². The summed E-state index contributed by atoms with van der Waals surface area (Å²) in [7, 11) is 4.00. The van der Waals surface area contributed by atoms with Crippen LogP contribution in [0.4, 0.5) is 11.4 Å². The van der Waals surface area contributed by atoms with E-state index in [2.05, 4.69) is 58.1 Å². The van der Waals surface area contributed by atoms with E-state index in [-0.39, 0.29) is 0 Å². The Kier molecular flexibility index (Phi) is 4.24. The summed E-state index contributed by atoms with van der Waals surface area (Å²) in [4.78, 5) is 7.80. The third kappa shape index (κ3) is 2.78. The van der Waals surface area contributed by atoms with E-state index in [1.54, 1.807) is 12.7 Å². The summed E-state index contributed by atoms with van der Waals surface area (Å²) in [5.74, 6) is 1.67. The van der Waals surface area contributed by atoms with Gasteiger partial charge in [0.1, 0.15) is 5.75 Å². The molecule has 0 aromatic heterocycles. The van der Waals surface area contributed by atoms with Crippen LogP contribution in [0.5, 0.6) is 5.75 Å². The number of nitrogens with zero attached hydrogens (tertiary/aromatic N) is 3. The third-order valence-electron chi connectivity index (χ3n) is 6.77. The van der Waals surface area contributed by atoms with Crippen LogP contribution in [0.3, 0.4) is 0 Å². The molecule has 2 atom stereocenters. The first-order chi connectivity index (χ1) is 13.3. The van der Waals surface area contributed by atoms with E-state index in [0.29, 0.717) is 12.0 Å². The standard InChI is InChI=1S/C23H29N3O/c1-24-14-15-26-20-11-13-25(12-10-17-6-3-4-9-22(17)27-2)16-19(20)18-7-5-8-21(24)23(18)26/h3-9,19-20H,10-16H2,1-2H3. The number of hydrogen-bond donors (Lipinski definition) is 0. The minimum atomic E-state index is 0.651. The van der Waals surface area contributed by atoms with Gasteiger partial charge >= 0.3 is 0 Å². The van der Waals surface area contributed by atoms with Crippen LogP contribution in [0.25, 0.3) is 0 Å². The highest BCUT2D eigenvalue weighted by atomic mass is 16.5. The normalized spacial score (nSPS) is 23.9. The minimum Gasteiger partial charge on any atom is -0.496 e.